The number of ether oxygens (including phenoxy) is 1. The van der Waals surface area contributed by atoms with Crippen LogP contribution in [0, 0.1) is 10.1 Å². The lowest BCUT2D eigenvalue weighted by Gasteiger charge is -2.37. The van der Waals surface area contributed by atoms with Crippen LogP contribution in [0.1, 0.15) is 24.9 Å². The van der Waals surface area contributed by atoms with Crippen LogP contribution >= 0.6 is 11.6 Å². The van der Waals surface area contributed by atoms with Crippen molar-refractivity contribution in [3.05, 3.63) is 80.5 Å². The maximum Gasteiger partial charge on any atom is 0.335 e. The van der Waals surface area contributed by atoms with Crippen LogP contribution in [0.15, 0.2) is 59.8 Å². The Morgan fingerprint density at radius 3 is 2.58 bits per heavy atom. The predicted octanol–water partition coefficient (Wildman–Crippen LogP) is 3.60. The molecule has 1 heterocycles. The number of hydrogen-bond donors (Lipinski definition) is 2. The Morgan fingerprint density at radius 2 is 1.94 bits per heavy atom. The van der Waals surface area contributed by atoms with Gasteiger partial charge in [-0.3, -0.25) is 14.9 Å². The number of carboxylic acids is 1. The number of hydrogen-bond acceptors (Lipinski definition) is 6. The van der Waals surface area contributed by atoms with Crippen molar-refractivity contribution < 1.29 is 29.2 Å². The summed E-state index contributed by atoms with van der Waals surface area (Å²) in [7, 11) is 1.59. The Kier molecular flexibility index (Phi) is 8.49. The molecular weight excluding hydrogens is 492 g/mol. The maximum atomic E-state index is 12.8. The standard InChI is InChI=1S/C24H25ClN4O7/c1-15-21(23(31)32)22(16-5-3-6-18(13-16)29(34)35)28(24(33)26-15)12-4-11-27(2)20(30)14-36-19-9-7-17(25)8-10-19/h3,5-10,13,22H,4,11-12,14H2,1-2H3,(H,26,33)(H,31,32). The second kappa shape index (κ2) is 11.5. The number of halogens is 1. The summed E-state index contributed by atoms with van der Waals surface area (Å²) >= 11 is 5.83. The average Bonchev–Trinajstić information content (AvgIpc) is 2.84. The smallest absolute Gasteiger partial charge is 0.335 e. The van der Waals surface area contributed by atoms with E-state index in [4.69, 9.17) is 16.3 Å². The minimum atomic E-state index is -1.25. The summed E-state index contributed by atoms with van der Waals surface area (Å²) in [6.45, 7) is 1.64. The minimum absolute atomic E-state index is 0.0871. The van der Waals surface area contributed by atoms with E-state index in [0.29, 0.717) is 22.8 Å². The zero-order chi connectivity index (χ0) is 26.4. The van der Waals surface area contributed by atoms with Gasteiger partial charge < -0.3 is 25.0 Å². The van der Waals surface area contributed by atoms with Crippen molar-refractivity contribution in [1.82, 2.24) is 15.1 Å². The van der Waals surface area contributed by atoms with Gasteiger partial charge in [0.1, 0.15) is 5.75 Å². The van der Waals surface area contributed by atoms with Crippen molar-refractivity contribution in [3.8, 4) is 5.75 Å². The van der Waals surface area contributed by atoms with Crippen molar-refractivity contribution in [2.75, 3.05) is 26.7 Å². The number of urea groups is 1. The second-order valence-corrected chi connectivity index (χ2v) is 8.57. The summed E-state index contributed by atoms with van der Waals surface area (Å²) in [5.74, 6) is -1.04. The normalized spacial score (nSPS) is 15.4. The third kappa shape index (κ3) is 6.30. The number of rotatable bonds is 10. The van der Waals surface area contributed by atoms with Crippen LogP contribution in [0.3, 0.4) is 0 Å². The van der Waals surface area contributed by atoms with Gasteiger partial charge in [-0.1, -0.05) is 23.7 Å². The van der Waals surface area contributed by atoms with E-state index < -0.39 is 23.0 Å². The van der Waals surface area contributed by atoms with Gasteiger partial charge in [-0.2, -0.15) is 0 Å². The molecule has 0 spiro atoms. The number of nitro groups is 1. The van der Waals surface area contributed by atoms with Crippen LogP contribution < -0.4 is 10.1 Å². The molecule has 36 heavy (non-hydrogen) atoms. The first-order valence-corrected chi connectivity index (χ1v) is 11.3. The summed E-state index contributed by atoms with van der Waals surface area (Å²) in [5.41, 5.74) is 0.159. The molecule has 2 N–H and O–H groups in total. The van der Waals surface area contributed by atoms with E-state index in [1.165, 1.54) is 34.9 Å². The quantitative estimate of drug-likeness (QED) is 0.363. The maximum absolute atomic E-state index is 12.8. The fourth-order valence-electron chi connectivity index (χ4n) is 3.83. The molecule has 1 atom stereocenters. The van der Waals surface area contributed by atoms with Crippen molar-refractivity contribution in [3.63, 3.8) is 0 Å². The highest BCUT2D eigenvalue weighted by Gasteiger charge is 2.38. The van der Waals surface area contributed by atoms with Gasteiger partial charge in [0, 0.05) is 43.0 Å². The molecule has 2 aromatic carbocycles. The number of aliphatic carboxylic acids is 1. The number of carbonyl (C=O) groups excluding carboxylic acids is 2. The number of amides is 3. The van der Waals surface area contributed by atoms with E-state index in [-0.39, 0.29) is 42.6 Å². The van der Waals surface area contributed by atoms with Crippen molar-refractivity contribution in [2.45, 2.75) is 19.4 Å². The van der Waals surface area contributed by atoms with E-state index >= 15 is 0 Å². The molecule has 0 bridgehead atoms. The molecule has 2 aromatic rings. The molecule has 0 saturated heterocycles. The number of nitrogens with one attached hydrogen (secondary N) is 1. The van der Waals surface area contributed by atoms with Crippen LogP contribution in [-0.4, -0.2) is 64.5 Å². The van der Waals surface area contributed by atoms with E-state index in [0.717, 1.165) is 0 Å². The zero-order valence-electron chi connectivity index (χ0n) is 19.6. The number of nitrogens with zero attached hydrogens (tertiary/aromatic N) is 3. The van der Waals surface area contributed by atoms with Crippen LogP contribution in [-0.2, 0) is 9.59 Å². The summed E-state index contributed by atoms with van der Waals surface area (Å²) < 4.78 is 5.46. The zero-order valence-corrected chi connectivity index (χ0v) is 20.4. The fourth-order valence-corrected chi connectivity index (χ4v) is 3.96. The molecule has 0 fully saturated rings. The van der Waals surface area contributed by atoms with E-state index in [9.17, 15) is 29.6 Å². The third-order valence-electron chi connectivity index (χ3n) is 5.67. The molecule has 0 radical (unpaired) electrons. The molecule has 11 nitrogen and oxygen atoms in total. The highest BCUT2D eigenvalue weighted by atomic mass is 35.5. The second-order valence-electron chi connectivity index (χ2n) is 8.13. The average molecular weight is 517 g/mol. The lowest BCUT2D eigenvalue weighted by atomic mass is 9.93. The molecule has 1 aliphatic heterocycles. The van der Waals surface area contributed by atoms with Crippen molar-refractivity contribution >= 4 is 35.2 Å². The predicted molar refractivity (Wildman–Crippen MR) is 131 cm³/mol. The van der Waals surface area contributed by atoms with Crippen LogP contribution in [0.4, 0.5) is 10.5 Å². The number of nitro benzene ring substituents is 1. The Balaban J connectivity index is 1.70. The number of allylic oxidation sites excluding steroid dienone is 1. The Hall–Kier alpha value is -4.12. The van der Waals surface area contributed by atoms with Gasteiger partial charge in [-0.15, -0.1) is 0 Å². The third-order valence-corrected chi connectivity index (χ3v) is 5.92. The van der Waals surface area contributed by atoms with E-state index in [1.807, 2.05) is 0 Å². The van der Waals surface area contributed by atoms with Gasteiger partial charge in [0.05, 0.1) is 16.5 Å². The summed E-state index contributed by atoms with van der Waals surface area (Å²) in [6.07, 6.45) is 0.327. The van der Waals surface area contributed by atoms with Crippen molar-refractivity contribution in [1.29, 1.82) is 0 Å². The highest BCUT2D eigenvalue weighted by Crippen LogP contribution is 2.35. The molecule has 0 aromatic heterocycles. The first-order valence-electron chi connectivity index (χ1n) is 11.0. The van der Waals surface area contributed by atoms with Gasteiger partial charge in [0.25, 0.3) is 11.6 Å². The Bertz CT molecular complexity index is 1200. The first kappa shape index (κ1) is 26.5. The lowest BCUT2D eigenvalue weighted by Crippen LogP contribution is -2.49. The molecule has 3 rings (SSSR count). The van der Waals surface area contributed by atoms with Crippen molar-refractivity contribution in [2.24, 2.45) is 0 Å². The first-order chi connectivity index (χ1) is 17.1. The lowest BCUT2D eigenvalue weighted by molar-refractivity contribution is -0.384. The SMILES string of the molecule is CC1=C(C(=O)O)C(c2cccc([N+](=O)[O-])c2)N(CCCN(C)C(=O)COc2ccc(Cl)cc2)C(=O)N1. The molecule has 0 saturated carbocycles. The summed E-state index contributed by atoms with van der Waals surface area (Å²) in [6, 6.07) is 10.6. The van der Waals surface area contributed by atoms with Crippen LogP contribution in [0.5, 0.6) is 5.75 Å². The fraction of sp³-hybridized carbons (Fsp3) is 0.292. The monoisotopic (exact) mass is 516 g/mol. The number of likely N-dealkylation sites (N-methyl/N-ethyl adjacent to an activating group) is 1. The molecule has 1 aliphatic rings. The van der Waals surface area contributed by atoms with Gasteiger partial charge >= 0.3 is 12.0 Å². The number of carboxylic acid groups (broad SMARTS) is 1. The molecule has 3 amide bonds. The minimum Gasteiger partial charge on any atom is -0.484 e. The van der Waals surface area contributed by atoms with Gasteiger partial charge in [0.2, 0.25) is 0 Å². The molecule has 190 valence electrons. The Morgan fingerprint density at radius 1 is 1.25 bits per heavy atom. The highest BCUT2D eigenvalue weighted by molar-refractivity contribution is 6.30. The topological polar surface area (TPSA) is 142 Å². The molecule has 1 unspecified atom stereocenters. The summed E-state index contributed by atoms with van der Waals surface area (Å²) in [5, 5.41) is 24.2. The number of benzene rings is 2. The van der Waals surface area contributed by atoms with E-state index in [2.05, 4.69) is 5.32 Å². The van der Waals surface area contributed by atoms with Gasteiger partial charge in [-0.25, -0.2) is 9.59 Å². The van der Waals surface area contributed by atoms with Gasteiger partial charge in [-0.05, 0) is 43.2 Å². The number of non-ortho nitro benzene ring substituents is 1. The van der Waals surface area contributed by atoms with E-state index in [1.54, 1.807) is 37.4 Å². The molecule has 0 aliphatic carbocycles. The molecule has 12 heteroatoms. The largest absolute Gasteiger partial charge is 0.484 e. The Labute approximate surface area is 212 Å². The van der Waals surface area contributed by atoms with Crippen LogP contribution in [0.25, 0.3) is 0 Å². The number of carbonyl (C=O) groups is 3. The molecular formula is C24H25ClN4O7. The van der Waals surface area contributed by atoms with Crippen LogP contribution in [0.2, 0.25) is 5.02 Å². The van der Waals surface area contributed by atoms with Gasteiger partial charge in [0.15, 0.2) is 6.61 Å². The summed E-state index contributed by atoms with van der Waals surface area (Å²) in [4.78, 5) is 50.7.